The number of amides is 1. The highest BCUT2D eigenvalue weighted by Crippen LogP contribution is 2.30. The van der Waals surface area contributed by atoms with Crippen molar-refractivity contribution < 1.29 is 9.53 Å². The van der Waals surface area contributed by atoms with E-state index in [-0.39, 0.29) is 5.91 Å². The minimum Gasteiger partial charge on any atom is -0.493 e. The second kappa shape index (κ2) is 7.52. The van der Waals surface area contributed by atoms with Gasteiger partial charge in [0, 0.05) is 25.3 Å². The molecule has 1 aromatic carbocycles. The zero-order valence-corrected chi connectivity index (χ0v) is 15.1. The van der Waals surface area contributed by atoms with Gasteiger partial charge in [0.2, 0.25) is 5.91 Å². The predicted molar refractivity (Wildman–Crippen MR) is 101 cm³/mol. The Balaban J connectivity index is 1.29. The number of carbonyl (C=O) groups is 1. The van der Waals surface area contributed by atoms with Gasteiger partial charge in [-0.3, -0.25) is 9.79 Å². The summed E-state index contributed by atoms with van der Waals surface area (Å²) in [4.78, 5) is 19.1. The van der Waals surface area contributed by atoms with Crippen LogP contribution in [0.25, 0.3) is 0 Å². The molecule has 0 spiro atoms. The Morgan fingerprint density at radius 1 is 1.40 bits per heavy atom. The number of nitrogens with one attached hydrogen (secondary N) is 1. The van der Waals surface area contributed by atoms with E-state index in [1.807, 2.05) is 18.2 Å². The molecule has 6 heteroatoms. The van der Waals surface area contributed by atoms with Crippen molar-refractivity contribution >= 4 is 22.8 Å². The van der Waals surface area contributed by atoms with Gasteiger partial charge in [-0.2, -0.15) is 0 Å². The number of hydrogen-bond acceptors (Lipinski definition) is 5. The van der Waals surface area contributed by atoms with E-state index in [0.717, 1.165) is 49.0 Å². The molecule has 0 radical (unpaired) electrons. The summed E-state index contributed by atoms with van der Waals surface area (Å²) in [5, 5.41) is 6.24. The average molecular weight is 357 g/mol. The highest BCUT2D eigenvalue weighted by atomic mass is 32.2. The number of carbonyl (C=O) groups excluding carboxylic acids is 1. The maximum Gasteiger partial charge on any atom is 0.225 e. The number of thioether (sulfide) groups is 1. The minimum atomic E-state index is 0.0946. The first-order valence-corrected chi connectivity index (χ1v) is 9.82. The number of para-hydroxylation sites is 1. The molecule has 0 saturated heterocycles. The molecule has 3 aliphatic heterocycles. The molecule has 0 fully saturated rings. The molecular formula is C19H23N3O2S. The molecule has 132 valence electrons. The van der Waals surface area contributed by atoms with Crippen LogP contribution in [-0.4, -0.2) is 42.2 Å². The summed E-state index contributed by atoms with van der Waals surface area (Å²) in [7, 11) is 0. The monoisotopic (exact) mass is 357 g/mol. The quantitative estimate of drug-likeness (QED) is 0.900. The molecule has 4 rings (SSSR count). The molecule has 1 unspecified atom stereocenters. The van der Waals surface area contributed by atoms with Crippen molar-refractivity contribution in [3.8, 4) is 5.75 Å². The van der Waals surface area contributed by atoms with Crippen molar-refractivity contribution in [3.05, 3.63) is 40.9 Å². The first-order valence-electron chi connectivity index (χ1n) is 8.95. The van der Waals surface area contributed by atoms with Gasteiger partial charge >= 0.3 is 0 Å². The molecule has 25 heavy (non-hydrogen) atoms. The fraction of sp³-hybridized carbons (Fsp3) is 0.474. The standard InChI is InChI=1S/C19H23N3O2S/c23-18(11-16-13-25-19-20-7-3-8-22(16)19)21-12-14-6-9-24-17-5-2-1-4-15(17)10-14/h1-2,4-5,13-14H,3,6-12H2,(H,21,23). The van der Waals surface area contributed by atoms with Crippen molar-refractivity contribution in [2.24, 2.45) is 10.9 Å². The smallest absolute Gasteiger partial charge is 0.225 e. The number of hydrogen-bond donors (Lipinski definition) is 1. The van der Waals surface area contributed by atoms with Crippen LogP contribution in [0, 0.1) is 5.92 Å². The predicted octanol–water partition coefficient (Wildman–Crippen LogP) is 2.78. The van der Waals surface area contributed by atoms with E-state index in [4.69, 9.17) is 4.74 Å². The van der Waals surface area contributed by atoms with Gasteiger partial charge < -0.3 is 15.0 Å². The van der Waals surface area contributed by atoms with Crippen molar-refractivity contribution in [2.45, 2.75) is 25.7 Å². The van der Waals surface area contributed by atoms with Crippen molar-refractivity contribution in [1.82, 2.24) is 10.2 Å². The maximum atomic E-state index is 12.4. The average Bonchev–Trinajstić information content (AvgIpc) is 2.91. The summed E-state index contributed by atoms with van der Waals surface area (Å²) < 4.78 is 5.81. The lowest BCUT2D eigenvalue weighted by Crippen LogP contribution is -2.34. The van der Waals surface area contributed by atoms with E-state index in [0.29, 0.717) is 25.5 Å². The highest BCUT2D eigenvalue weighted by molar-refractivity contribution is 8.16. The van der Waals surface area contributed by atoms with E-state index in [1.54, 1.807) is 11.8 Å². The third-order valence-electron chi connectivity index (χ3n) is 4.86. The number of fused-ring (bicyclic) bond motifs is 2. The third-order valence-corrected chi connectivity index (χ3v) is 5.81. The summed E-state index contributed by atoms with van der Waals surface area (Å²) in [6.45, 7) is 3.30. The van der Waals surface area contributed by atoms with Crippen LogP contribution in [0.5, 0.6) is 5.75 Å². The van der Waals surface area contributed by atoms with Gasteiger partial charge in [0.15, 0.2) is 5.17 Å². The molecular weight excluding hydrogens is 334 g/mol. The number of benzene rings is 1. The van der Waals surface area contributed by atoms with Crippen LogP contribution < -0.4 is 10.1 Å². The molecule has 1 aromatic rings. The first-order chi connectivity index (χ1) is 12.3. The molecule has 1 atom stereocenters. The van der Waals surface area contributed by atoms with Crippen LogP contribution in [-0.2, 0) is 11.2 Å². The summed E-state index contributed by atoms with van der Waals surface area (Å²) in [6, 6.07) is 8.20. The lowest BCUT2D eigenvalue weighted by molar-refractivity contribution is -0.120. The maximum absolute atomic E-state index is 12.4. The van der Waals surface area contributed by atoms with Crippen LogP contribution in [0.15, 0.2) is 40.4 Å². The SMILES string of the molecule is O=C(CC1=CSC2=NCCCN12)NCC1CCOc2ccccc2C1. The van der Waals surface area contributed by atoms with Crippen molar-refractivity contribution in [2.75, 3.05) is 26.2 Å². The summed E-state index contributed by atoms with van der Waals surface area (Å²) >= 11 is 1.63. The normalized spacial score (nSPS) is 22.1. The molecule has 0 aromatic heterocycles. The number of aliphatic imine (C=N–C) groups is 1. The molecule has 0 aliphatic carbocycles. The lowest BCUT2D eigenvalue weighted by atomic mass is 9.97. The van der Waals surface area contributed by atoms with Crippen LogP contribution in [0.1, 0.15) is 24.8 Å². The Labute approximate surface area is 152 Å². The van der Waals surface area contributed by atoms with Gasteiger partial charge in [-0.15, -0.1) is 0 Å². The van der Waals surface area contributed by atoms with Crippen LogP contribution in [0.2, 0.25) is 0 Å². The Morgan fingerprint density at radius 3 is 3.28 bits per heavy atom. The Hall–Kier alpha value is -1.95. The van der Waals surface area contributed by atoms with Gasteiger partial charge in [-0.05, 0) is 42.2 Å². The Bertz CT molecular complexity index is 716. The Morgan fingerprint density at radius 2 is 2.32 bits per heavy atom. The summed E-state index contributed by atoms with van der Waals surface area (Å²) in [5.74, 6) is 1.50. The minimum absolute atomic E-state index is 0.0946. The number of amidine groups is 1. The van der Waals surface area contributed by atoms with Gasteiger partial charge in [0.1, 0.15) is 5.75 Å². The summed E-state index contributed by atoms with van der Waals surface area (Å²) in [5.41, 5.74) is 2.32. The second-order valence-corrected chi connectivity index (χ2v) is 7.53. The van der Waals surface area contributed by atoms with E-state index < -0.39 is 0 Å². The van der Waals surface area contributed by atoms with Crippen LogP contribution in [0.4, 0.5) is 0 Å². The molecule has 3 aliphatic rings. The number of nitrogens with zero attached hydrogens (tertiary/aromatic N) is 2. The summed E-state index contributed by atoms with van der Waals surface area (Å²) in [6.07, 6.45) is 3.42. The van der Waals surface area contributed by atoms with E-state index in [9.17, 15) is 4.79 Å². The largest absolute Gasteiger partial charge is 0.493 e. The van der Waals surface area contributed by atoms with Crippen molar-refractivity contribution in [1.29, 1.82) is 0 Å². The molecule has 0 saturated carbocycles. The van der Waals surface area contributed by atoms with Gasteiger partial charge in [-0.1, -0.05) is 30.0 Å². The fourth-order valence-corrected chi connectivity index (χ4v) is 4.45. The third kappa shape index (κ3) is 3.84. The number of rotatable bonds is 4. The van der Waals surface area contributed by atoms with Crippen LogP contribution >= 0.6 is 11.8 Å². The van der Waals surface area contributed by atoms with E-state index in [2.05, 4.69) is 26.7 Å². The topological polar surface area (TPSA) is 53.9 Å². The zero-order valence-electron chi connectivity index (χ0n) is 14.2. The molecule has 1 N–H and O–H groups in total. The van der Waals surface area contributed by atoms with Gasteiger partial charge in [-0.25, -0.2) is 0 Å². The fourth-order valence-electron chi connectivity index (χ4n) is 3.49. The van der Waals surface area contributed by atoms with Gasteiger partial charge in [0.05, 0.1) is 13.0 Å². The lowest BCUT2D eigenvalue weighted by Gasteiger charge is -2.25. The highest BCUT2D eigenvalue weighted by Gasteiger charge is 2.26. The van der Waals surface area contributed by atoms with E-state index >= 15 is 0 Å². The number of ether oxygens (including phenoxy) is 1. The zero-order chi connectivity index (χ0) is 17.1. The molecule has 1 amide bonds. The molecule has 5 nitrogen and oxygen atoms in total. The van der Waals surface area contributed by atoms with E-state index in [1.165, 1.54) is 5.56 Å². The molecule has 3 heterocycles. The van der Waals surface area contributed by atoms with Gasteiger partial charge in [0.25, 0.3) is 0 Å². The first kappa shape index (κ1) is 16.5. The van der Waals surface area contributed by atoms with Crippen LogP contribution in [0.3, 0.4) is 0 Å². The Kier molecular flexibility index (Phi) is 4.97. The van der Waals surface area contributed by atoms with Crippen molar-refractivity contribution in [3.63, 3.8) is 0 Å². The second-order valence-electron chi connectivity index (χ2n) is 6.69. The molecule has 0 bridgehead atoms.